The second-order valence-corrected chi connectivity index (χ2v) is 6.23. The van der Waals surface area contributed by atoms with Gasteiger partial charge in [-0.25, -0.2) is 8.78 Å². The molecule has 2 aromatic rings. The van der Waals surface area contributed by atoms with Crippen LogP contribution in [-0.4, -0.2) is 23.5 Å². The van der Waals surface area contributed by atoms with Crippen molar-refractivity contribution in [3.63, 3.8) is 0 Å². The Morgan fingerprint density at radius 2 is 2.14 bits per heavy atom. The Hall–Kier alpha value is -1.95. The van der Waals surface area contributed by atoms with Crippen LogP contribution in [0.2, 0.25) is 0 Å². The highest BCUT2D eigenvalue weighted by molar-refractivity contribution is 7.09. The van der Waals surface area contributed by atoms with E-state index in [0.29, 0.717) is 6.54 Å². The molecule has 0 N–H and O–H groups in total. The van der Waals surface area contributed by atoms with Gasteiger partial charge in [-0.1, -0.05) is 6.07 Å². The molecule has 6 heteroatoms. The van der Waals surface area contributed by atoms with Crippen LogP contribution in [0.4, 0.5) is 8.78 Å². The molecular formula is C16H15F2NO2S. The van der Waals surface area contributed by atoms with E-state index < -0.39 is 11.6 Å². The number of carbonyl (C=O) groups excluding carboxylic acids is 1. The molecule has 3 rings (SSSR count). The van der Waals surface area contributed by atoms with Crippen molar-refractivity contribution < 1.29 is 18.3 Å². The normalized spacial score (nSPS) is 13.9. The van der Waals surface area contributed by atoms with E-state index in [-0.39, 0.29) is 24.3 Å². The van der Waals surface area contributed by atoms with Gasteiger partial charge in [0, 0.05) is 17.0 Å². The highest BCUT2D eigenvalue weighted by atomic mass is 32.1. The molecule has 116 valence electrons. The van der Waals surface area contributed by atoms with E-state index in [0.717, 1.165) is 29.9 Å². The molecule has 1 aliphatic carbocycles. The monoisotopic (exact) mass is 323 g/mol. The van der Waals surface area contributed by atoms with E-state index in [2.05, 4.69) is 0 Å². The van der Waals surface area contributed by atoms with Crippen molar-refractivity contribution in [2.24, 2.45) is 0 Å². The Morgan fingerprint density at radius 3 is 2.77 bits per heavy atom. The van der Waals surface area contributed by atoms with Crippen molar-refractivity contribution in [2.75, 3.05) is 6.61 Å². The number of hydrogen-bond acceptors (Lipinski definition) is 3. The van der Waals surface area contributed by atoms with Crippen LogP contribution in [0.3, 0.4) is 0 Å². The molecule has 1 aromatic carbocycles. The van der Waals surface area contributed by atoms with E-state index in [4.69, 9.17) is 4.74 Å². The van der Waals surface area contributed by atoms with Crippen LogP contribution in [0.1, 0.15) is 17.7 Å². The lowest BCUT2D eigenvalue weighted by molar-refractivity contribution is -0.134. The Bertz CT molecular complexity index is 656. The molecular weight excluding hydrogens is 308 g/mol. The number of carbonyl (C=O) groups is 1. The van der Waals surface area contributed by atoms with Crippen molar-refractivity contribution in [3.8, 4) is 5.75 Å². The van der Waals surface area contributed by atoms with Crippen molar-refractivity contribution >= 4 is 17.2 Å². The van der Waals surface area contributed by atoms with Gasteiger partial charge in [0.1, 0.15) is 5.82 Å². The van der Waals surface area contributed by atoms with Crippen LogP contribution >= 0.6 is 11.3 Å². The van der Waals surface area contributed by atoms with Gasteiger partial charge >= 0.3 is 0 Å². The third-order valence-corrected chi connectivity index (χ3v) is 4.32. The fourth-order valence-electron chi connectivity index (χ4n) is 2.19. The van der Waals surface area contributed by atoms with Gasteiger partial charge in [-0.3, -0.25) is 4.79 Å². The van der Waals surface area contributed by atoms with Crippen LogP contribution in [0.5, 0.6) is 5.75 Å². The second kappa shape index (κ2) is 6.44. The molecule has 0 radical (unpaired) electrons. The maximum Gasteiger partial charge on any atom is 0.261 e. The maximum atomic E-state index is 13.5. The van der Waals surface area contributed by atoms with Crippen LogP contribution in [0.15, 0.2) is 35.7 Å². The largest absolute Gasteiger partial charge is 0.481 e. The molecule has 3 nitrogen and oxygen atoms in total. The summed E-state index contributed by atoms with van der Waals surface area (Å²) in [7, 11) is 0. The molecule has 1 aliphatic rings. The predicted octanol–water partition coefficient (Wildman–Crippen LogP) is 3.60. The van der Waals surface area contributed by atoms with E-state index in [1.54, 1.807) is 16.2 Å². The average Bonchev–Trinajstić information content (AvgIpc) is 3.20. The second-order valence-electron chi connectivity index (χ2n) is 5.20. The first-order valence-electron chi connectivity index (χ1n) is 7.03. The Kier molecular flexibility index (Phi) is 4.38. The molecule has 0 saturated heterocycles. The zero-order chi connectivity index (χ0) is 15.5. The van der Waals surface area contributed by atoms with E-state index in [1.165, 1.54) is 6.07 Å². The summed E-state index contributed by atoms with van der Waals surface area (Å²) >= 11 is 1.60. The summed E-state index contributed by atoms with van der Waals surface area (Å²) in [4.78, 5) is 15.2. The number of amides is 1. The smallest absolute Gasteiger partial charge is 0.261 e. The summed E-state index contributed by atoms with van der Waals surface area (Å²) in [5.74, 6) is -1.77. The summed E-state index contributed by atoms with van der Waals surface area (Å²) in [5, 5.41) is 1.97. The zero-order valence-corrected chi connectivity index (χ0v) is 12.6. The molecule has 1 amide bonds. The van der Waals surface area contributed by atoms with E-state index >= 15 is 0 Å². The number of rotatable bonds is 6. The summed E-state index contributed by atoms with van der Waals surface area (Å²) in [6, 6.07) is 7.21. The number of hydrogen-bond donors (Lipinski definition) is 0. The SMILES string of the molecule is O=C(COc1ccc(F)cc1F)N(Cc1cccs1)C1CC1. The first-order valence-corrected chi connectivity index (χ1v) is 7.91. The molecule has 0 aliphatic heterocycles. The lowest BCUT2D eigenvalue weighted by Gasteiger charge is -2.22. The van der Waals surface area contributed by atoms with Crippen LogP contribution < -0.4 is 4.74 Å². The van der Waals surface area contributed by atoms with Gasteiger partial charge in [-0.15, -0.1) is 11.3 Å². The fraction of sp³-hybridized carbons (Fsp3) is 0.312. The lowest BCUT2D eigenvalue weighted by Crippen LogP contribution is -2.36. The average molecular weight is 323 g/mol. The molecule has 1 aromatic heterocycles. The van der Waals surface area contributed by atoms with E-state index in [1.807, 2.05) is 17.5 Å². The van der Waals surface area contributed by atoms with Gasteiger partial charge in [0.25, 0.3) is 5.91 Å². The van der Waals surface area contributed by atoms with Gasteiger partial charge in [0.2, 0.25) is 0 Å². The number of benzene rings is 1. The minimum absolute atomic E-state index is 0.110. The van der Waals surface area contributed by atoms with Crippen molar-refractivity contribution in [2.45, 2.75) is 25.4 Å². The number of thiophene rings is 1. The predicted molar refractivity (Wildman–Crippen MR) is 79.7 cm³/mol. The Balaban J connectivity index is 1.61. The Morgan fingerprint density at radius 1 is 1.32 bits per heavy atom. The highest BCUT2D eigenvalue weighted by Crippen LogP contribution is 2.29. The molecule has 0 spiro atoms. The van der Waals surface area contributed by atoms with Crippen molar-refractivity contribution in [3.05, 3.63) is 52.2 Å². The zero-order valence-electron chi connectivity index (χ0n) is 11.8. The molecule has 1 fully saturated rings. The minimum atomic E-state index is -0.802. The maximum absolute atomic E-state index is 13.5. The van der Waals surface area contributed by atoms with Crippen molar-refractivity contribution in [1.82, 2.24) is 4.90 Å². The standard InChI is InChI=1S/C16H15F2NO2S/c17-11-3-6-15(14(18)8-11)21-10-16(20)19(12-4-5-12)9-13-2-1-7-22-13/h1-3,6-8,12H,4-5,9-10H2. The number of nitrogens with zero attached hydrogens (tertiary/aromatic N) is 1. The van der Waals surface area contributed by atoms with Gasteiger partial charge in [0.05, 0.1) is 6.54 Å². The van der Waals surface area contributed by atoms with Crippen LogP contribution in [0, 0.1) is 11.6 Å². The summed E-state index contributed by atoms with van der Waals surface area (Å²) in [5.41, 5.74) is 0. The van der Waals surface area contributed by atoms with Crippen molar-refractivity contribution in [1.29, 1.82) is 0 Å². The van der Waals surface area contributed by atoms with E-state index in [9.17, 15) is 13.6 Å². The first kappa shape index (κ1) is 15.0. The molecule has 0 atom stereocenters. The molecule has 1 saturated carbocycles. The number of ether oxygens (including phenoxy) is 1. The van der Waals surface area contributed by atoms with Gasteiger partial charge in [0.15, 0.2) is 18.2 Å². The van der Waals surface area contributed by atoms with Gasteiger partial charge in [-0.05, 0) is 36.4 Å². The molecule has 0 bridgehead atoms. The van der Waals surface area contributed by atoms with Crippen LogP contribution in [-0.2, 0) is 11.3 Å². The molecule has 22 heavy (non-hydrogen) atoms. The van der Waals surface area contributed by atoms with Gasteiger partial charge < -0.3 is 9.64 Å². The topological polar surface area (TPSA) is 29.5 Å². The third-order valence-electron chi connectivity index (χ3n) is 3.46. The summed E-state index contributed by atoms with van der Waals surface area (Å²) < 4.78 is 31.5. The molecule has 0 unspecified atom stereocenters. The fourth-order valence-corrected chi connectivity index (χ4v) is 2.89. The first-order chi connectivity index (χ1) is 10.6. The van der Waals surface area contributed by atoms with Gasteiger partial charge in [-0.2, -0.15) is 0 Å². The third kappa shape index (κ3) is 3.62. The lowest BCUT2D eigenvalue weighted by atomic mass is 10.3. The summed E-state index contributed by atoms with van der Waals surface area (Å²) in [6.45, 7) is 0.306. The molecule has 1 heterocycles. The minimum Gasteiger partial charge on any atom is -0.481 e. The Labute approximate surface area is 131 Å². The number of halogens is 2. The van der Waals surface area contributed by atoms with Crippen LogP contribution in [0.25, 0.3) is 0 Å². The quantitative estimate of drug-likeness (QED) is 0.813. The highest BCUT2D eigenvalue weighted by Gasteiger charge is 2.32. The summed E-state index contributed by atoms with van der Waals surface area (Å²) in [6.07, 6.45) is 1.98.